The first-order chi connectivity index (χ1) is 16.5. The van der Waals surface area contributed by atoms with Gasteiger partial charge in [-0.05, 0) is 60.5 Å². The number of hydrogen-bond acceptors (Lipinski definition) is 5. The van der Waals surface area contributed by atoms with Crippen LogP contribution < -0.4 is 11.5 Å². The van der Waals surface area contributed by atoms with Gasteiger partial charge in [-0.15, -0.1) is 0 Å². The van der Waals surface area contributed by atoms with Crippen LogP contribution >= 0.6 is 0 Å². The first-order valence-electron chi connectivity index (χ1n) is 11.1. The Kier molecular flexibility index (Phi) is 8.05. The molecule has 174 valence electrons. The largest absolute Gasteiger partial charge is 0.383 e. The molecule has 0 bridgehead atoms. The number of aromatic nitrogens is 4. The van der Waals surface area contributed by atoms with Crippen molar-refractivity contribution in [1.82, 2.24) is 19.5 Å². The van der Waals surface area contributed by atoms with Crippen LogP contribution in [0.5, 0.6) is 0 Å². The van der Waals surface area contributed by atoms with Crippen LogP contribution in [0.1, 0.15) is 32.0 Å². The second-order valence-corrected chi connectivity index (χ2v) is 7.15. The smallest absolute Gasteiger partial charge is 0.165 e. The summed E-state index contributed by atoms with van der Waals surface area (Å²) in [5, 5.41) is 0. The number of rotatable bonds is 6. The summed E-state index contributed by atoms with van der Waals surface area (Å²) in [6.45, 7) is 10.1. The number of benzene rings is 1. The van der Waals surface area contributed by atoms with E-state index in [1.807, 2.05) is 66.9 Å². The quantitative estimate of drug-likeness (QED) is 0.347. The zero-order valence-electron chi connectivity index (χ0n) is 19.7. The molecule has 1 aromatic carbocycles. The van der Waals surface area contributed by atoms with Crippen molar-refractivity contribution < 1.29 is 4.39 Å². The third-order valence-electron chi connectivity index (χ3n) is 5.06. The number of fused-ring (bicyclic) bond motifs is 1. The number of nitrogen functional groups attached to an aromatic ring is 1. The first kappa shape index (κ1) is 24.5. The van der Waals surface area contributed by atoms with E-state index in [1.54, 1.807) is 19.2 Å². The van der Waals surface area contributed by atoms with Crippen LogP contribution in [0.4, 0.5) is 10.2 Å². The molecule has 0 saturated carbocycles. The highest BCUT2D eigenvalue weighted by Crippen LogP contribution is 2.31. The third-order valence-corrected chi connectivity index (χ3v) is 5.06. The maximum absolute atomic E-state index is 13.5. The number of pyridine rings is 2. The Hall–Kier alpha value is -4.10. The molecule has 0 unspecified atom stereocenters. The minimum Gasteiger partial charge on any atom is -0.383 e. The third kappa shape index (κ3) is 5.10. The Morgan fingerprint density at radius 1 is 1.06 bits per heavy atom. The summed E-state index contributed by atoms with van der Waals surface area (Å²) in [6.07, 6.45) is 5.97. The maximum Gasteiger partial charge on any atom is 0.165 e. The van der Waals surface area contributed by atoms with Crippen molar-refractivity contribution >= 4 is 22.6 Å². The van der Waals surface area contributed by atoms with Gasteiger partial charge in [0.05, 0.1) is 11.3 Å². The van der Waals surface area contributed by atoms with Gasteiger partial charge in [-0.2, -0.15) is 0 Å². The van der Waals surface area contributed by atoms with Crippen molar-refractivity contribution in [2.24, 2.45) is 5.73 Å². The molecule has 3 aromatic heterocycles. The highest BCUT2D eigenvalue weighted by atomic mass is 19.1. The summed E-state index contributed by atoms with van der Waals surface area (Å²) in [5.41, 5.74) is 17.0. The van der Waals surface area contributed by atoms with E-state index in [0.717, 1.165) is 11.3 Å². The molecule has 0 saturated heterocycles. The van der Waals surface area contributed by atoms with E-state index in [9.17, 15) is 4.39 Å². The minimum absolute atomic E-state index is 0.341. The average molecular weight is 457 g/mol. The van der Waals surface area contributed by atoms with Gasteiger partial charge in [-0.1, -0.05) is 44.7 Å². The van der Waals surface area contributed by atoms with E-state index >= 15 is 0 Å². The number of hydrogen-bond donors (Lipinski definition) is 2. The predicted octanol–water partition coefficient (Wildman–Crippen LogP) is 5.99. The van der Waals surface area contributed by atoms with Crippen molar-refractivity contribution in [2.45, 2.75) is 27.3 Å². The highest BCUT2D eigenvalue weighted by Gasteiger charge is 2.18. The minimum atomic E-state index is -0.341. The van der Waals surface area contributed by atoms with Gasteiger partial charge in [0.15, 0.2) is 11.5 Å². The Morgan fingerprint density at radius 2 is 1.79 bits per heavy atom. The molecule has 6 nitrogen and oxygen atoms in total. The normalized spacial score (nSPS) is 11.5. The molecule has 0 fully saturated rings. The average Bonchev–Trinajstić information content (AvgIpc) is 3.27. The van der Waals surface area contributed by atoms with E-state index in [-0.39, 0.29) is 5.83 Å². The molecule has 0 radical (unpaired) electrons. The number of halogens is 1. The van der Waals surface area contributed by atoms with E-state index in [1.165, 1.54) is 12.2 Å². The zero-order chi connectivity index (χ0) is 24.7. The summed E-state index contributed by atoms with van der Waals surface area (Å²) in [4.78, 5) is 13.8. The molecule has 0 aliphatic heterocycles. The van der Waals surface area contributed by atoms with Crippen LogP contribution in [0.3, 0.4) is 0 Å². The van der Waals surface area contributed by atoms with E-state index in [4.69, 9.17) is 21.4 Å². The highest BCUT2D eigenvalue weighted by molar-refractivity contribution is 5.84. The van der Waals surface area contributed by atoms with Crippen LogP contribution in [0.25, 0.3) is 33.8 Å². The fraction of sp³-hybridized carbons (Fsp3) is 0.148. The van der Waals surface area contributed by atoms with Crippen LogP contribution in [-0.2, 0) is 6.54 Å². The molecule has 0 aliphatic carbocycles. The van der Waals surface area contributed by atoms with Gasteiger partial charge in [0, 0.05) is 18.4 Å². The standard InChI is InChI=1S/C25H23FN6.C2H6/c1-3-18(26)9-6-16(2)21-12-13-22-25(30-21)32(19-10-7-17(15-27)8-11-19)24(31-22)20-5-4-14-29-23(20)28;1-2/h3-14H,2,15,27H2,1H3,(H2,28,29);1-2H3/b9-6-,18-3+;. The van der Waals surface area contributed by atoms with Crippen molar-refractivity contribution in [3.05, 3.63) is 96.6 Å². The summed E-state index contributed by atoms with van der Waals surface area (Å²) in [6, 6.07) is 15.2. The molecule has 0 atom stereocenters. The van der Waals surface area contributed by atoms with Crippen LogP contribution in [0.2, 0.25) is 0 Å². The summed E-state index contributed by atoms with van der Waals surface area (Å²) in [5.74, 6) is 0.653. The number of nitrogens with zero attached hydrogens (tertiary/aromatic N) is 4. The summed E-state index contributed by atoms with van der Waals surface area (Å²) >= 11 is 0. The Labute approximate surface area is 199 Å². The molecule has 34 heavy (non-hydrogen) atoms. The fourth-order valence-corrected chi connectivity index (χ4v) is 3.31. The SMILES string of the molecule is C=C(/C=C\C(F)=C/C)c1ccc2nc(-c3cccnc3N)n(-c3ccc(CN)cc3)c2n1.CC. The van der Waals surface area contributed by atoms with Crippen molar-refractivity contribution in [1.29, 1.82) is 0 Å². The van der Waals surface area contributed by atoms with Gasteiger partial charge in [-0.3, -0.25) is 4.57 Å². The number of imidazole rings is 1. The lowest BCUT2D eigenvalue weighted by molar-refractivity contribution is 0.665. The molecule has 4 aromatic rings. The lowest BCUT2D eigenvalue weighted by atomic mass is 10.1. The predicted molar refractivity (Wildman–Crippen MR) is 139 cm³/mol. The molecule has 4 rings (SSSR count). The number of anilines is 1. The Balaban J connectivity index is 0.00000158. The van der Waals surface area contributed by atoms with Crippen LogP contribution in [-0.4, -0.2) is 19.5 Å². The number of nitrogens with two attached hydrogens (primary N) is 2. The molecular formula is C27H29FN6. The monoisotopic (exact) mass is 456 g/mol. The number of allylic oxidation sites excluding steroid dienone is 5. The van der Waals surface area contributed by atoms with Crippen LogP contribution in [0.15, 0.2) is 85.4 Å². The van der Waals surface area contributed by atoms with Gasteiger partial charge in [-0.25, -0.2) is 19.3 Å². The van der Waals surface area contributed by atoms with Gasteiger partial charge < -0.3 is 11.5 Å². The van der Waals surface area contributed by atoms with Gasteiger partial charge in [0.2, 0.25) is 0 Å². The van der Waals surface area contributed by atoms with Crippen LogP contribution in [0, 0.1) is 0 Å². The van der Waals surface area contributed by atoms with Gasteiger partial charge in [0.25, 0.3) is 0 Å². The molecular weight excluding hydrogens is 427 g/mol. The fourth-order valence-electron chi connectivity index (χ4n) is 3.31. The molecule has 4 N–H and O–H groups in total. The van der Waals surface area contributed by atoms with E-state index in [2.05, 4.69) is 11.6 Å². The lowest BCUT2D eigenvalue weighted by Gasteiger charge is -2.11. The Morgan fingerprint density at radius 3 is 2.44 bits per heavy atom. The van der Waals surface area contributed by atoms with E-state index < -0.39 is 0 Å². The van der Waals surface area contributed by atoms with Gasteiger partial charge in [0.1, 0.15) is 17.2 Å². The second-order valence-electron chi connectivity index (χ2n) is 7.15. The Bertz CT molecular complexity index is 1350. The van der Waals surface area contributed by atoms with E-state index in [0.29, 0.717) is 46.2 Å². The van der Waals surface area contributed by atoms with Crippen molar-refractivity contribution in [3.63, 3.8) is 0 Å². The van der Waals surface area contributed by atoms with Crippen molar-refractivity contribution in [3.8, 4) is 17.1 Å². The van der Waals surface area contributed by atoms with Crippen molar-refractivity contribution in [2.75, 3.05) is 5.73 Å². The first-order valence-corrected chi connectivity index (χ1v) is 11.1. The maximum atomic E-state index is 13.5. The lowest BCUT2D eigenvalue weighted by Crippen LogP contribution is -2.03. The topological polar surface area (TPSA) is 95.6 Å². The van der Waals surface area contributed by atoms with Gasteiger partial charge >= 0.3 is 0 Å². The zero-order valence-corrected chi connectivity index (χ0v) is 19.7. The molecule has 7 heteroatoms. The molecule has 0 aliphatic rings. The molecule has 0 spiro atoms. The second kappa shape index (κ2) is 11.2. The summed E-state index contributed by atoms with van der Waals surface area (Å²) < 4.78 is 15.4. The molecule has 0 amide bonds. The molecule has 3 heterocycles. The summed E-state index contributed by atoms with van der Waals surface area (Å²) in [7, 11) is 0.